The lowest BCUT2D eigenvalue weighted by atomic mass is 10.00. The summed E-state index contributed by atoms with van der Waals surface area (Å²) in [4.78, 5) is 0. The van der Waals surface area contributed by atoms with E-state index in [1.165, 1.54) is 7.11 Å². The number of nitrogens with one attached hydrogen (secondary N) is 1. The second-order valence-electron chi connectivity index (χ2n) is 4.07. The van der Waals surface area contributed by atoms with E-state index < -0.39 is 17.2 Å². The molecule has 0 amide bonds. The summed E-state index contributed by atoms with van der Waals surface area (Å²) in [6, 6.07) is 1.90. The average molecular weight is 229 g/mol. The molecule has 0 bridgehead atoms. The van der Waals surface area contributed by atoms with Gasteiger partial charge in [-0.15, -0.1) is 0 Å². The van der Waals surface area contributed by atoms with Crippen LogP contribution in [0.4, 0.5) is 8.78 Å². The van der Waals surface area contributed by atoms with Crippen molar-refractivity contribution in [1.82, 2.24) is 5.32 Å². The molecule has 1 heterocycles. The zero-order valence-electron chi connectivity index (χ0n) is 9.14. The Morgan fingerprint density at radius 1 is 1.31 bits per heavy atom. The Morgan fingerprint density at radius 2 is 2.00 bits per heavy atom. The summed E-state index contributed by atoms with van der Waals surface area (Å²) >= 11 is 0. The van der Waals surface area contributed by atoms with Crippen LogP contribution in [0.5, 0.6) is 11.5 Å². The van der Waals surface area contributed by atoms with Crippen LogP contribution >= 0.6 is 0 Å². The molecule has 2 rings (SSSR count). The lowest BCUT2D eigenvalue weighted by Crippen LogP contribution is -2.61. The molecule has 1 aliphatic heterocycles. The molecule has 88 valence electrons. The molecule has 1 fully saturated rings. The first-order valence-corrected chi connectivity index (χ1v) is 4.97. The van der Waals surface area contributed by atoms with Gasteiger partial charge in [0, 0.05) is 25.2 Å². The van der Waals surface area contributed by atoms with Crippen molar-refractivity contribution in [3.8, 4) is 11.5 Å². The first-order chi connectivity index (χ1) is 7.54. The minimum absolute atomic E-state index is 0.0606. The Bertz CT molecular complexity index is 405. The number of hydrogen-bond acceptors (Lipinski definition) is 3. The van der Waals surface area contributed by atoms with Crippen molar-refractivity contribution in [3.63, 3.8) is 0 Å². The minimum atomic E-state index is -0.756. The minimum Gasteiger partial charge on any atom is -0.490 e. The maximum absolute atomic E-state index is 13.3. The predicted octanol–water partition coefficient (Wildman–Crippen LogP) is 1.71. The Balaban J connectivity index is 2.31. The van der Waals surface area contributed by atoms with Crippen LogP contribution in [0, 0.1) is 11.6 Å². The van der Waals surface area contributed by atoms with Crippen LogP contribution in [-0.4, -0.2) is 25.8 Å². The topological polar surface area (TPSA) is 30.5 Å². The molecule has 1 saturated heterocycles. The van der Waals surface area contributed by atoms with Crippen LogP contribution < -0.4 is 14.8 Å². The number of ether oxygens (including phenoxy) is 2. The third kappa shape index (κ3) is 1.95. The summed E-state index contributed by atoms with van der Waals surface area (Å²) in [7, 11) is 1.32. The standard InChI is InChI=1S/C11H13F2NO2/c1-11(5-14-6-11)16-9-4-7(12)3-8(13)10(9)15-2/h3-4,14H,5-6H2,1-2H3. The normalized spacial score (nSPS) is 17.8. The van der Waals surface area contributed by atoms with Crippen LogP contribution in [0.3, 0.4) is 0 Å². The molecule has 0 saturated carbocycles. The van der Waals surface area contributed by atoms with E-state index in [0.717, 1.165) is 12.1 Å². The molecule has 0 radical (unpaired) electrons. The van der Waals surface area contributed by atoms with Gasteiger partial charge in [-0.2, -0.15) is 0 Å². The van der Waals surface area contributed by atoms with Gasteiger partial charge in [-0.05, 0) is 6.92 Å². The molecule has 0 atom stereocenters. The predicted molar refractivity (Wildman–Crippen MR) is 54.8 cm³/mol. The molecule has 0 spiro atoms. The average Bonchev–Trinajstić information content (AvgIpc) is 2.14. The third-order valence-corrected chi connectivity index (χ3v) is 2.53. The summed E-state index contributed by atoms with van der Waals surface area (Å²) in [5.74, 6) is -1.39. The summed E-state index contributed by atoms with van der Waals surface area (Å²) in [5.41, 5.74) is -0.423. The van der Waals surface area contributed by atoms with Gasteiger partial charge >= 0.3 is 0 Å². The number of rotatable bonds is 3. The van der Waals surface area contributed by atoms with E-state index in [2.05, 4.69) is 5.32 Å². The van der Waals surface area contributed by atoms with Crippen LogP contribution in [0.15, 0.2) is 12.1 Å². The van der Waals surface area contributed by atoms with Gasteiger partial charge in [0.15, 0.2) is 17.3 Å². The first kappa shape index (κ1) is 11.1. The van der Waals surface area contributed by atoms with Crippen molar-refractivity contribution in [3.05, 3.63) is 23.8 Å². The Kier molecular flexibility index (Phi) is 2.71. The van der Waals surface area contributed by atoms with E-state index >= 15 is 0 Å². The zero-order valence-corrected chi connectivity index (χ0v) is 9.14. The van der Waals surface area contributed by atoms with Gasteiger partial charge in [0.2, 0.25) is 0 Å². The van der Waals surface area contributed by atoms with Crippen molar-refractivity contribution >= 4 is 0 Å². The molecule has 1 N–H and O–H groups in total. The van der Waals surface area contributed by atoms with Crippen molar-refractivity contribution in [2.75, 3.05) is 20.2 Å². The highest BCUT2D eigenvalue weighted by molar-refractivity contribution is 5.42. The van der Waals surface area contributed by atoms with Gasteiger partial charge < -0.3 is 14.8 Å². The molecule has 0 aromatic heterocycles. The van der Waals surface area contributed by atoms with Gasteiger partial charge in [0.05, 0.1) is 7.11 Å². The molecular formula is C11H13F2NO2. The smallest absolute Gasteiger partial charge is 0.197 e. The van der Waals surface area contributed by atoms with E-state index in [1.807, 2.05) is 6.92 Å². The highest BCUT2D eigenvalue weighted by Crippen LogP contribution is 2.34. The number of halogens is 2. The van der Waals surface area contributed by atoms with Crippen LogP contribution in [-0.2, 0) is 0 Å². The SMILES string of the molecule is COc1c(F)cc(F)cc1OC1(C)CNC1. The fourth-order valence-corrected chi connectivity index (χ4v) is 1.63. The lowest BCUT2D eigenvalue weighted by Gasteiger charge is -2.39. The van der Waals surface area contributed by atoms with E-state index in [9.17, 15) is 8.78 Å². The maximum Gasteiger partial charge on any atom is 0.197 e. The largest absolute Gasteiger partial charge is 0.490 e. The molecule has 1 aliphatic rings. The fraction of sp³-hybridized carbons (Fsp3) is 0.455. The molecule has 0 unspecified atom stereocenters. The molecule has 1 aromatic rings. The number of methoxy groups -OCH3 is 1. The summed E-state index contributed by atoms with van der Waals surface area (Å²) < 4.78 is 36.8. The van der Waals surface area contributed by atoms with Gasteiger partial charge in [-0.3, -0.25) is 0 Å². The second-order valence-corrected chi connectivity index (χ2v) is 4.07. The molecule has 5 heteroatoms. The van der Waals surface area contributed by atoms with Gasteiger partial charge in [0.1, 0.15) is 11.4 Å². The van der Waals surface area contributed by atoms with E-state index in [1.54, 1.807) is 0 Å². The summed E-state index contributed by atoms with van der Waals surface area (Å²) in [6.45, 7) is 3.16. The highest BCUT2D eigenvalue weighted by atomic mass is 19.1. The fourth-order valence-electron chi connectivity index (χ4n) is 1.63. The quantitative estimate of drug-likeness (QED) is 0.856. The Labute approximate surface area is 92.4 Å². The lowest BCUT2D eigenvalue weighted by molar-refractivity contribution is 0.0315. The van der Waals surface area contributed by atoms with Crippen molar-refractivity contribution in [1.29, 1.82) is 0 Å². The van der Waals surface area contributed by atoms with Crippen LogP contribution in [0.1, 0.15) is 6.92 Å². The molecule has 0 aliphatic carbocycles. The summed E-state index contributed by atoms with van der Waals surface area (Å²) in [5, 5.41) is 3.04. The van der Waals surface area contributed by atoms with Gasteiger partial charge in [0.25, 0.3) is 0 Å². The molecular weight excluding hydrogens is 216 g/mol. The zero-order chi connectivity index (χ0) is 11.8. The van der Waals surface area contributed by atoms with Gasteiger partial charge in [-0.1, -0.05) is 0 Å². The Hall–Kier alpha value is -1.36. The summed E-state index contributed by atoms with van der Waals surface area (Å²) in [6.07, 6.45) is 0. The number of hydrogen-bond donors (Lipinski definition) is 1. The number of benzene rings is 1. The van der Waals surface area contributed by atoms with E-state index in [0.29, 0.717) is 13.1 Å². The third-order valence-electron chi connectivity index (χ3n) is 2.53. The molecule has 1 aromatic carbocycles. The van der Waals surface area contributed by atoms with Crippen molar-refractivity contribution in [2.45, 2.75) is 12.5 Å². The van der Waals surface area contributed by atoms with Gasteiger partial charge in [-0.25, -0.2) is 8.78 Å². The van der Waals surface area contributed by atoms with Crippen molar-refractivity contribution in [2.24, 2.45) is 0 Å². The highest BCUT2D eigenvalue weighted by Gasteiger charge is 2.35. The van der Waals surface area contributed by atoms with E-state index in [4.69, 9.17) is 9.47 Å². The molecule has 3 nitrogen and oxygen atoms in total. The van der Waals surface area contributed by atoms with Crippen molar-refractivity contribution < 1.29 is 18.3 Å². The molecule has 16 heavy (non-hydrogen) atoms. The monoisotopic (exact) mass is 229 g/mol. The first-order valence-electron chi connectivity index (χ1n) is 4.97. The maximum atomic E-state index is 13.3. The van der Waals surface area contributed by atoms with E-state index in [-0.39, 0.29) is 11.5 Å². The Morgan fingerprint density at radius 3 is 2.50 bits per heavy atom. The second kappa shape index (κ2) is 3.90. The van der Waals surface area contributed by atoms with Crippen LogP contribution in [0.25, 0.3) is 0 Å². The van der Waals surface area contributed by atoms with Crippen LogP contribution in [0.2, 0.25) is 0 Å².